The van der Waals surface area contributed by atoms with E-state index in [0.29, 0.717) is 6.42 Å². The van der Waals surface area contributed by atoms with E-state index in [1.54, 1.807) is 14.0 Å². The van der Waals surface area contributed by atoms with Crippen LogP contribution in [0.2, 0.25) is 0 Å². The van der Waals surface area contributed by atoms with Crippen molar-refractivity contribution in [2.75, 3.05) is 20.2 Å². The van der Waals surface area contributed by atoms with Crippen LogP contribution < -0.4 is 10.1 Å². The molecule has 0 fully saturated rings. The van der Waals surface area contributed by atoms with Crippen LogP contribution in [-0.4, -0.2) is 26.0 Å². The number of methoxy groups -OCH3 is 1. The summed E-state index contributed by atoms with van der Waals surface area (Å²) in [6, 6.07) is 4.30. The van der Waals surface area contributed by atoms with Gasteiger partial charge in [0.1, 0.15) is 11.5 Å². The third-order valence-electron chi connectivity index (χ3n) is 2.92. The van der Waals surface area contributed by atoms with E-state index in [4.69, 9.17) is 4.74 Å². The van der Waals surface area contributed by atoms with Gasteiger partial charge in [-0.05, 0) is 44.9 Å². The molecule has 1 N–H and O–H groups in total. The third-order valence-corrected chi connectivity index (χ3v) is 2.92. The van der Waals surface area contributed by atoms with Crippen molar-refractivity contribution in [3.05, 3.63) is 28.8 Å². The Hall–Kier alpha value is -1.35. The largest absolute Gasteiger partial charge is 0.496 e. The van der Waals surface area contributed by atoms with E-state index in [-0.39, 0.29) is 5.78 Å². The molecule has 100 valence electrons. The minimum atomic E-state index is 0.228. The molecule has 18 heavy (non-hydrogen) atoms. The fourth-order valence-electron chi connectivity index (χ4n) is 2.13. The van der Waals surface area contributed by atoms with E-state index in [1.807, 2.05) is 0 Å². The number of hydrogen-bond donors (Lipinski definition) is 1. The van der Waals surface area contributed by atoms with Crippen molar-refractivity contribution in [1.29, 1.82) is 0 Å². The van der Waals surface area contributed by atoms with Crippen molar-refractivity contribution in [2.45, 2.75) is 33.6 Å². The second kappa shape index (κ2) is 7.17. The summed E-state index contributed by atoms with van der Waals surface area (Å²) in [6.07, 6.45) is 1.52. The number of Topliss-reactive ketones (excluding diaryl/α,β-unsaturated/α-hetero) is 1. The Labute approximate surface area is 110 Å². The van der Waals surface area contributed by atoms with Crippen molar-refractivity contribution in [2.24, 2.45) is 0 Å². The Bertz CT molecular complexity index is 413. The molecule has 0 amide bonds. The highest BCUT2D eigenvalue weighted by Crippen LogP contribution is 2.25. The van der Waals surface area contributed by atoms with Gasteiger partial charge in [-0.25, -0.2) is 0 Å². The van der Waals surface area contributed by atoms with Crippen molar-refractivity contribution in [3.8, 4) is 5.75 Å². The van der Waals surface area contributed by atoms with E-state index in [2.05, 4.69) is 31.3 Å². The molecule has 0 saturated carbocycles. The van der Waals surface area contributed by atoms with Crippen LogP contribution in [0.25, 0.3) is 0 Å². The molecule has 0 atom stereocenters. The fraction of sp³-hybridized carbons (Fsp3) is 0.533. The van der Waals surface area contributed by atoms with Crippen LogP contribution >= 0.6 is 0 Å². The van der Waals surface area contributed by atoms with Gasteiger partial charge in [0.05, 0.1) is 7.11 Å². The minimum absolute atomic E-state index is 0.228. The zero-order chi connectivity index (χ0) is 13.5. The predicted octanol–water partition coefficient (Wildman–Crippen LogP) is 2.42. The molecule has 0 unspecified atom stereocenters. The molecule has 0 radical (unpaired) electrons. The highest BCUT2D eigenvalue weighted by molar-refractivity contribution is 5.75. The molecular weight excluding hydrogens is 226 g/mol. The van der Waals surface area contributed by atoms with Gasteiger partial charge in [-0.3, -0.25) is 4.79 Å². The van der Waals surface area contributed by atoms with Crippen molar-refractivity contribution in [3.63, 3.8) is 0 Å². The van der Waals surface area contributed by atoms with E-state index in [9.17, 15) is 4.79 Å². The summed E-state index contributed by atoms with van der Waals surface area (Å²) in [5.41, 5.74) is 3.66. The van der Waals surface area contributed by atoms with Crippen LogP contribution in [0.15, 0.2) is 12.1 Å². The molecule has 3 nitrogen and oxygen atoms in total. The summed E-state index contributed by atoms with van der Waals surface area (Å²) in [4.78, 5) is 10.8. The maximum absolute atomic E-state index is 10.8. The van der Waals surface area contributed by atoms with E-state index >= 15 is 0 Å². The van der Waals surface area contributed by atoms with Crippen LogP contribution in [0.5, 0.6) is 5.75 Å². The molecule has 0 aliphatic heterocycles. The monoisotopic (exact) mass is 249 g/mol. The zero-order valence-corrected chi connectivity index (χ0v) is 11.8. The van der Waals surface area contributed by atoms with E-state index in [0.717, 1.165) is 25.3 Å². The lowest BCUT2D eigenvalue weighted by atomic mass is 10.0. The molecule has 0 spiro atoms. The van der Waals surface area contributed by atoms with Gasteiger partial charge >= 0.3 is 0 Å². The topological polar surface area (TPSA) is 38.3 Å². The standard InChI is InChI=1S/C15H23NO2/c1-11-9-12(2)15(18-4)14(10-11)6-8-16-7-5-13(3)17/h9-10,16H,5-8H2,1-4H3. The van der Waals surface area contributed by atoms with Gasteiger partial charge in [-0.2, -0.15) is 0 Å². The van der Waals surface area contributed by atoms with E-state index < -0.39 is 0 Å². The summed E-state index contributed by atoms with van der Waals surface area (Å²) in [6.45, 7) is 7.40. The molecule has 1 rings (SSSR count). The van der Waals surface area contributed by atoms with Gasteiger partial charge in [0.15, 0.2) is 0 Å². The van der Waals surface area contributed by atoms with Crippen molar-refractivity contribution < 1.29 is 9.53 Å². The molecule has 0 saturated heterocycles. The molecule has 0 bridgehead atoms. The number of carbonyl (C=O) groups excluding carboxylic acids is 1. The van der Waals surface area contributed by atoms with Gasteiger partial charge in [0.25, 0.3) is 0 Å². The number of rotatable bonds is 7. The number of ketones is 1. The summed E-state index contributed by atoms with van der Waals surface area (Å²) in [5.74, 6) is 1.21. The van der Waals surface area contributed by atoms with Crippen LogP contribution in [-0.2, 0) is 11.2 Å². The molecule has 0 aliphatic rings. The van der Waals surface area contributed by atoms with Gasteiger partial charge in [0, 0.05) is 13.0 Å². The summed E-state index contributed by atoms with van der Waals surface area (Å²) >= 11 is 0. The maximum atomic E-state index is 10.8. The molecule has 0 aromatic heterocycles. The van der Waals surface area contributed by atoms with Crippen LogP contribution in [0, 0.1) is 13.8 Å². The number of nitrogens with one attached hydrogen (secondary N) is 1. The maximum Gasteiger partial charge on any atom is 0.131 e. The Balaban J connectivity index is 2.53. The van der Waals surface area contributed by atoms with Crippen LogP contribution in [0.3, 0.4) is 0 Å². The fourth-order valence-corrected chi connectivity index (χ4v) is 2.13. The number of ether oxygens (including phenoxy) is 1. The lowest BCUT2D eigenvalue weighted by molar-refractivity contribution is -0.116. The first-order valence-electron chi connectivity index (χ1n) is 6.39. The smallest absolute Gasteiger partial charge is 0.131 e. The Morgan fingerprint density at radius 1 is 1.28 bits per heavy atom. The van der Waals surface area contributed by atoms with Crippen molar-refractivity contribution in [1.82, 2.24) is 5.32 Å². The lowest BCUT2D eigenvalue weighted by Crippen LogP contribution is -2.20. The second-order valence-electron chi connectivity index (χ2n) is 4.73. The first-order chi connectivity index (χ1) is 8.54. The second-order valence-corrected chi connectivity index (χ2v) is 4.73. The number of aryl methyl sites for hydroxylation is 2. The van der Waals surface area contributed by atoms with E-state index in [1.165, 1.54) is 16.7 Å². The van der Waals surface area contributed by atoms with Gasteiger partial charge < -0.3 is 10.1 Å². The van der Waals surface area contributed by atoms with Gasteiger partial charge in [-0.1, -0.05) is 17.7 Å². The molecule has 0 heterocycles. The first kappa shape index (κ1) is 14.7. The molecule has 0 aliphatic carbocycles. The SMILES string of the molecule is COc1c(C)cc(C)cc1CCNCCC(C)=O. The normalized spacial score (nSPS) is 10.4. The molecule has 1 aromatic rings. The predicted molar refractivity (Wildman–Crippen MR) is 74.3 cm³/mol. The average Bonchev–Trinajstić information content (AvgIpc) is 2.27. The summed E-state index contributed by atoms with van der Waals surface area (Å²) in [5, 5.41) is 3.28. The van der Waals surface area contributed by atoms with Gasteiger partial charge in [0.2, 0.25) is 0 Å². The third kappa shape index (κ3) is 4.49. The highest BCUT2D eigenvalue weighted by Gasteiger charge is 2.07. The van der Waals surface area contributed by atoms with Crippen LogP contribution in [0.4, 0.5) is 0 Å². The minimum Gasteiger partial charge on any atom is -0.496 e. The molecule has 3 heteroatoms. The molecule has 1 aromatic carbocycles. The van der Waals surface area contributed by atoms with Gasteiger partial charge in [-0.15, -0.1) is 0 Å². The van der Waals surface area contributed by atoms with Crippen molar-refractivity contribution >= 4 is 5.78 Å². The summed E-state index contributed by atoms with van der Waals surface area (Å²) < 4.78 is 5.44. The zero-order valence-electron chi connectivity index (χ0n) is 11.8. The quantitative estimate of drug-likeness (QED) is 0.754. The summed E-state index contributed by atoms with van der Waals surface area (Å²) in [7, 11) is 1.71. The number of benzene rings is 1. The Morgan fingerprint density at radius 3 is 2.61 bits per heavy atom. The molecular formula is C15H23NO2. The first-order valence-corrected chi connectivity index (χ1v) is 6.39. The number of carbonyl (C=O) groups is 1. The Morgan fingerprint density at radius 2 is 2.00 bits per heavy atom. The highest BCUT2D eigenvalue weighted by atomic mass is 16.5. The number of hydrogen-bond acceptors (Lipinski definition) is 3. The lowest BCUT2D eigenvalue weighted by Gasteiger charge is -2.13. The Kier molecular flexibility index (Phi) is 5.86. The van der Waals surface area contributed by atoms with Crippen LogP contribution in [0.1, 0.15) is 30.0 Å². The average molecular weight is 249 g/mol.